The van der Waals surface area contributed by atoms with Crippen molar-refractivity contribution in [3.63, 3.8) is 0 Å². The zero-order valence-electron chi connectivity index (χ0n) is 14.2. The number of hydrogen-bond acceptors (Lipinski definition) is 6. The second-order valence-corrected chi connectivity index (χ2v) is 5.90. The van der Waals surface area contributed by atoms with Crippen LogP contribution in [0.5, 0.6) is 11.5 Å². The molecule has 0 fully saturated rings. The lowest BCUT2D eigenvalue weighted by Crippen LogP contribution is -2.26. The predicted molar refractivity (Wildman–Crippen MR) is 93.0 cm³/mol. The van der Waals surface area contributed by atoms with Crippen LogP contribution in [0.2, 0.25) is 0 Å². The van der Waals surface area contributed by atoms with Crippen LogP contribution < -0.4 is 9.47 Å². The number of carbonyl (C=O) groups excluding carboxylic acids is 1. The van der Waals surface area contributed by atoms with Gasteiger partial charge in [0.1, 0.15) is 13.2 Å². The molecule has 7 heteroatoms. The maximum atomic E-state index is 12.7. The van der Waals surface area contributed by atoms with Gasteiger partial charge >= 0.3 is 0 Å². The van der Waals surface area contributed by atoms with Crippen molar-refractivity contribution in [3.05, 3.63) is 60.0 Å². The molecule has 7 nitrogen and oxygen atoms in total. The first-order chi connectivity index (χ1) is 12.7. The van der Waals surface area contributed by atoms with Crippen LogP contribution in [-0.2, 0) is 6.54 Å². The third-order valence-corrected chi connectivity index (χ3v) is 4.01. The van der Waals surface area contributed by atoms with Crippen LogP contribution >= 0.6 is 0 Å². The van der Waals surface area contributed by atoms with Gasteiger partial charge < -0.3 is 18.9 Å². The summed E-state index contributed by atoms with van der Waals surface area (Å²) in [5.41, 5.74) is 1.38. The van der Waals surface area contributed by atoms with Gasteiger partial charge in [-0.15, -0.1) is 0 Å². The average molecular weight is 351 g/mol. The number of aromatic nitrogens is 2. The Hall–Kier alpha value is -3.35. The maximum absolute atomic E-state index is 12.7. The number of benzene rings is 2. The standard InChI is InChI=1S/C19H17N3O4/c1-22(12-17-20-18(21-26-17)13-5-3-2-4-6-13)19(23)14-7-8-15-16(11-14)25-10-9-24-15/h2-8,11H,9-10,12H2,1H3. The number of nitrogens with zero attached hydrogens (tertiary/aromatic N) is 3. The number of fused-ring (bicyclic) bond motifs is 1. The fraction of sp³-hybridized carbons (Fsp3) is 0.211. The molecule has 0 atom stereocenters. The SMILES string of the molecule is CN(Cc1nc(-c2ccccc2)no1)C(=O)c1ccc2c(c1)OCCO2. The van der Waals surface area contributed by atoms with E-state index in [1.54, 1.807) is 25.2 Å². The summed E-state index contributed by atoms with van der Waals surface area (Å²) in [4.78, 5) is 18.5. The monoisotopic (exact) mass is 351 g/mol. The quantitative estimate of drug-likeness (QED) is 0.719. The number of rotatable bonds is 4. The van der Waals surface area contributed by atoms with Crippen LogP contribution in [0.3, 0.4) is 0 Å². The molecule has 0 spiro atoms. The largest absolute Gasteiger partial charge is 0.486 e. The molecule has 1 aromatic heterocycles. The molecular formula is C19H17N3O4. The van der Waals surface area contributed by atoms with Gasteiger partial charge in [-0.3, -0.25) is 4.79 Å². The Morgan fingerprint density at radius 1 is 1.08 bits per heavy atom. The lowest BCUT2D eigenvalue weighted by molar-refractivity contribution is 0.0768. The molecule has 0 bridgehead atoms. The van der Waals surface area contributed by atoms with E-state index < -0.39 is 0 Å². The highest BCUT2D eigenvalue weighted by molar-refractivity contribution is 5.94. The molecule has 0 N–H and O–H groups in total. The Balaban J connectivity index is 1.47. The minimum atomic E-state index is -0.165. The van der Waals surface area contributed by atoms with Gasteiger partial charge in [-0.2, -0.15) is 4.98 Å². The summed E-state index contributed by atoms with van der Waals surface area (Å²) < 4.78 is 16.3. The van der Waals surface area contributed by atoms with Crippen molar-refractivity contribution in [2.75, 3.05) is 20.3 Å². The van der Waals surface area contributed by atoms with E-state index in [1.807, 2.05) is 30.3 Å². The molecule has 0 unspecified atom stereocenters. The normalized spacial score (nSPS) is 12.7. The van der Waals surface area contributed by atoms with Crippen molar-refractivity contribution >= 4 is 5.91 Å². The Labute approximate surface area is 150 Å². The van der Waals surface area contributed by atoms with Crippen LogP contribution in [0.1, 0.15) is 16.2 Å². The molecular weight excluding hydrogens is 334 g/mol. The van der Waals surface area contributed by atoms with Gasteiger partial charge in [0.25, 0.3) is 5.91 Å². The van der Waals surface area contributed by atoms with Crippen molar-refractivity contribution in [1.82, 2.24) is 15.0 Å². The molecule has 2 aromatic carbocycles. The van der Waals surface area contributed by atoms with Crippen molar-refractivity contribution < 1.29 is 18.8 Å². The van der Waals surface area contributed by atoms with Crippen LogP contribution in [0.25, 0.3) is 11.4 Å². The molecule has 3 aromatic rings. The topological polar surface area (TPSA) is 77.7 Å². The highest BCUT2D eigenvalue weighted by Crippen LogP contribution is 2.31. The summed E-state index contributed by atoms with van der Waals surface area (Å²) in [5, 5.41) is 3.97. The summed E-state index contributed by atoms with van der Waals surface area (Å²) in [7, 11) is 1.69. The second kappa shape index (κ2) is 6.87. The van der Waals surface area contributed by atoms with Gasteiger partial charge in [0, 0.05) is 18.2 Å². The number of ether oxygens (including phenoxy) is 2. The third-order valence-electron chi connectivity index (χ3n) is 4.01. The zero-order valence-corrected chi connectivity index (χ0v) is 14.2. The van der Waals surface area contributed by atoms with Crippen molar-refractivity contribution in [1.29, 1.82) is 0 Å². The summed E-state index contributed by atoms with van der Waals surface area (Å²) in [5.74, 6) is 1.94. The molecule has 26 heavy (non-hydrogen) atoms. The highest BCUT2D eigenvalue weighted by Gasteiger charge is 2.19. The van der Waals surface area contributed by atoms with E-state index in [2.05, 4.69) is 10.1 Å². The van der Waals surface area contributed by atoms with Gasteiger partial charge in [0.05, 0.1) is 6.54 Å². The molecule has 0 radical (unpaired) electrons. The number of amides is 1. The van der Waals surface area contributed by atoms with Crippen molar-refractivity contribution in [3.8, 4) is 22.9 Å². The lowest BCUT2D eigenvalue weighted by atomic mass is 10.1. The van der Waals surface area contributed by atoms with Crippen LogP contribution in [0.4, 0.5) is 0 Å². The van der Waals surface area contributed by atoms with E-state index in [0.717, 1.165) is 5.56 Å². The first-order valence-electron chi connectivity index (χ1n) is 8.24. The Morgan fingerprint density at radius 2 is 1.85 bits per heavy atom. The van der Waals surface area contributed by atoms with Gasteiger partial charge in [0.15, 0.2) is 11.5 Å². The second-order valence-electron chi connectivity index (χ2n) is 5.90. The molecule has 1 aliphatic rings. The summed E-state index contributed by atoms with van der Waals surface area (Å²) in [6, 6.07) is 14.7. The molecule has 0 aliphatic carbocycles. The number of hydrogen-bond donors (Lipinski definition) is 0. The Kier molecular flexibility index (Phi) is 4.27. The molecule has 4 rings (SSSR count). The van der Waals surface area contributed by atoms with Crippen LogP contribution in [0.15, 0.2) is 53.1 Å². The average Bonchev–Trinajstić information content (AvgIpc) is 3.16. The lowest BCUT2D eigenvalue weighted by Gasteiger charge is -2.20. The van der Waals surface area contributed by atoms with E-state index in [0.29, 0.717) is 42.0 Å². The molecule has 1 aliphatic heterocycles. The predicted octanol–water partition coefficient (Wildman–Crippen LogP) is 2.78. The van der Waals surface area contributed by atoms with Gasteiger partial charge in [0.2, 0.25) is 11.7 Å². The molecule has 0 saturated heterocycles. The maximum Gasteiger partial charge on any atom is 0.254 e. The molecule has 0 saturated carbocycles. The van der Waals surface area contributed by atoms with Crippen molar-refractivity contribution in [2.24, 2.45) is 0 Å². The van der Waals surface area contributed by atoms with Gasteiger partial charge in [-0.25, -0.2) is 0 Å². The van der Waals surface area contributed by atoms with Gasteiger partial charge in [-0.1, -0.05) is 35.5 Å². The summed E-state index contributed by atoms with van der Waals surface area (Å²) in [6.07, 6.45) is 0. The molecule has 1 amide bonds. The van der Waals surface area contributed by atoms with E-state index in [1.165, 1.54) is 4.90 Å². The molecule has 132 valence electrons. The van der Waals surface area contributed by atoms with Gasteiger partial charge in [-0.05, 0) is 18.2 Å². The fourth-order valence-electron chi connectivity index (χ4n) is 2.70. The number of carbonyl (C=O) groups is 1. The smallest absolute Gasteiger partial charge is 0.254 e. The first kappa shape index (κ1) is 16.1. The summed E-state index contributed by atoms with van der Waals surface area (Å²) >= 11 is 0. The van der Waals surface area contributed by atoms with E-state index in [-0.39, 0.29) is 12.5 Å². The minimum Gasteiger partial charge on any atom is -0.486 e. The first-order valence-corrected chi connectivity index (χ1v) is 8.24. The van der Waals surface area contributed by atoms with Crippen LogP contribution in [0, 0.1) is 0 Å². The van der Waals surface area contributed by atoms with Crippen LogP contribution in [-0.4, -0.2) is 41.2 Å². The molecule has 2 heterocycles. The van der Waals surface area contributed by atoms with E-state index >= 15 is 0 Å². The van der Waals surface area contributed by atoms with Crippen molar-refractivity contribution in [2.45, 2.75) is 6.54 Å². The van der Waals surface area contributed by atoms with E-state index in [4.69, 9.17) is 14.0 Å². The Morgan fingerprint density at radius 3 is 2.65 bits per heavy atom. The highest BCUT2D eigenvalue weighted by atomic mass is 16.6. The Bertz CT molecular complexity index is 924. The summed E-state index contributed by atoms with van der Waals surface area (Å²) in [6.45, 7) is 1.21. The minimum absolute atomic E-state index is 0.165. The van der Waals surface area contributed by atoms with E-state index in [9.17, 15) is 4.79 Å². The fourth-order valence-corrected chi connectivity index (χ4v) is 2.70. The zero-order chi connectivity index (χ0) is 17.9. The third kappa shape index (κ3) is 3.23.